The average Bonchev–Trinajstić information content (AvgIpc) is 3.28. The summed E-state index contributed by atoms with van der Waals surface area (Å²) in [4.78, 5) is 16.9. The molecule has 156 valence electrons. The number of aromatic nitrogens is 1. The first kappa shape index (κ1) is 22.0. The summed E-state index contributed by atoms with van der Waals surface area (Å²) in [6, 6.07) is 12.2. The highest BCUT2D eigenvalue weighted by molar-refractivity contribution is 8.00. The van der Waals surface area contributed by atoms with E-state index in [0.29, 0.717) is 22.2 Å². The minimum atomic E-state index is -0.641. The van der Waals surface area contributed by atoms with Crippen molar-refractivity contribution < 1.29 is 13.9 Å². The number of nitrogens with zero attached hydrogens (tertiary/aromatic N) is 3. The van der Waals surface area contributed by atoms with E-state index in [0.717, 1.165) is 11.8 Å². The molecule has 3 aromatic rings. The summed E-state index contributed by atoms with van der Waals surface area (Å²) in [6.07, 6.45) is 1.43. The summed E-state index contributed by atoms with van der Waals surface area (Å²) < 4.78 is 10.5. The minimum absolute atomic E-state index is 0.0424. The largest absolute Gasteiger partial charge is 0.495 e. The summed E-state index contributed by atoms with van der Waals surface area (Å²) in [6.45, 7) is 1.66. The Labute approximate surface area is 187 Å². The van der Waals surface area contributed by atoms with Gasteiger partial charge in [0.25, 0.3) is 0 Å². The summed E-state index contributed by atoms with van der Waals surface area (Å²) in [5.41, 5.74) is 6.85. The zero-order valence-electron chi connectivity index (χ0n) is 16.5. The van der Waals surface area contributed by atoms with E-state index in [1.165, 1.54) is 13.4 Å². The fraction of sp³-hybridized carbons (Fsp3) is 0.143. The number of benzene rings is 1. The number of rotatable bonds is 6. The van der Waals surface area contributed by atoms with Crippen molar-refractivity contribution >= 4 is 40.8 Å². The minimum Gasteiger partial charge on any atom is -0.495 e. The molecule has 0 spiro atoms. The number of furan rings is 1. The molecule has 0 fully saturated rings. The van der Waals surface area contributed by atoms with E-state index < -0.39 is 5.25 Å². The molecule has 0 radical (unpaired) electrons. The summed E-state index contributed by atoms with van der Waals surface area (Å²) >= 11 is 7.14. The Hall–Kier alpha value is -3.66. The molecule has 3 rings (SSSR count). The zero-order valence-corrected chi connectivity index (χ0v) is 18.0. The number of carbonyl (C=O) groups excluding carboxylic acids is 1. The van der Waals surface area contributed by atoms with E-state index in [2.05, 4.69) is 16.4 Å². The van der Waals surface area contributed by atoms with Crippen LogP contribution in [0.1, 0.15) is 18.1 Å². The van der Waals surface area contributed by atoms with Gasteiger partial charge < -0.3 is 20.2 Å². The van der Waals surface area contributed by atoms with E-state index in [1.807, 2.05) is 6.07 Å². The van der Waals surface area contributed by atoms with E-state index in [1.54, 1.807) is 37.3 Å². The molecule has 1 atom stereocenters. The van der Waals surface area contributed by atoms with Crippen LogP contribution in [0, 0.1) is 22.7 Å². The van der Waals surface area contributed by atoms with Gasteiger partial charge in [-0.2, -0.15) is 10.5 Å². The second kappa shape index (κ2) is 9.43. The van der Waals surface area contributed by atoms with Gasteiger partial charge in [0, 0.05) is 5.69 Å². The number of amides is 1. The summed E-state index contributed by atoms with van der Waals surface area (Å²) in [5.74, 6) is 0.418. The molecule has 10 heteroatoms. The highest BCUT2D eigenvalue weighted by Crippen LogP contribution is 2.37. The second-order valence-corrected chi connectivity index (χ2v) is 7.96. The highest BCUT2D eigenvalue weighted by atomic mass is 35.5. The lowest BCUT2D eigenvalue weighted by atomic mass is 10.0. The lowest BCUT2D eigenvalue weighted by molar-refractivity contribution is -0.115. The lowest BCUT2D eigenvalue weighted by Gasteiger charge is -2.15. The molecule has 0 bridgehead atoms. The van der Waals surface area contributed by atoms with E-state index in [9.17, 15) is 15.3 Å². The molecular formula is C21H16ClN5O3S. The summed E-state index contributed by atoms with van der Waals surface area (Å²) in [5, 5.41) is 21.9. The van der Waals surface area contributed by atoms with Crippen LogP contribution in [0.3, 0.4) is 0 Å². The number of methoxy groups -OCH3 is 1. The van der Waals surface area contributed by atoms with Crippen molar-refractivity contribution in [2.45, 2.75) is 17.2 Å². The molecule has 0 aliphatic rings. The van der Waals surface area contributed by atoms with Gasteiger partial charge in [0.2, 0.25) is 5.91 Å². The number of nitrogens with one attached hydrogen (secondary N) is 1. The molecule has 31 heavy (non-hydrogen) atoms. The van der Waals surface area contributed by atoms with Crippen LogP contribution < -0.4 is 15.8 Å². The maximum absolute atomic E-state index is 12.7. The fourth-order valence-electron chi connectivity index (χ4n) is 2.76. The molecule has 2 aromatic heterocycles. The molecule has 1 amide bonds. The number of hydrogen-bond donors (Lipinski definition) is 2. The fourth-order valence-corrected chi connectivity index (χ4v) is 3.93. The van der Waals surface area contributed by atoms with Crippen molar-refractivity contribution in [3.63, 3.8) is 0 Å². The van der Waals surface area contributed by atoms with Gasteiger partial charge in [-0.1, -0.05) is 23.4 Å². The summed E-state index contributed by atoms with van der Waals surface area (Å²) in [7, 11) is 1.50. The SMILES string of the molecule is COc1ccc(NC(=O)C(C)Sc2nc(N)c(C#N)c(-c3ccco3)c2C#N)cc1Cl. The van der Waals surface area contributed by atoms with Crippen LogP contribution in [-0.4, -0.2) is 23.3 Å². The first-order valence-corrected chi connectivity index (χ1v) is 10.1. The van der Waals surface area contributed by atoms with Crippen molar-refractivity contribution in [2.75, 3.05) is 18.2 Å². The molecule has 0 aliphatic carbocycles. The Morgan fingerprint density at radius 1 is 1.32 bits per heavy atom. The average molecular weight is 454 g/mol. The Kier molecular flexibility index (Phi) is 6.71. The molecule has 1 unspecified atom stereocenters. The van der Waals surface area contributed by atoms with E-state index >= 15 is 0 Å². The van der Waals surface area contributed by atoms with Gasteiger partial charge in [-0.05, 0) is 37.3 Å². The smallest absolute Gasteiger partial charge is 0.237 e. The highest BCUT2D eigenvalue weighted by Gasteiger charge is 2.25. The Bertz CT molecular complexity index is 1220. The van der Waals surface area contributed by atoms with E-state index in [4.69, 9.17) is 26.5 Å². The monoisotopic (exact) mass is 453 g/mol. The molecule has 3 N–H and O–H groups in total. The Morgan fingerprint density at radius 2 is 2.06 bits per heavy atom. The molecule has 0 saturated heterocycles. The number of anilines is 2. The Morgan fingerprint density at radius 3 is 2.65 bits per heavy atom. The number of nitrogens with two attached hydrogens (primary N) is 1. The van der Waals surface area contributed by atoms with Gasteiger partial charge in [-0.15, -0.1) is 0 Å². The molecular weight excluding hydrogens is 438 g/mol. The van der Waals surface area contributed by atoms with E-state index in [-0.39, 0.29) is 33.4 Å². The molecule has 2 heterocycles. The maximum atomic E-state index is 12.7. The topological polar surface area (TPSA) is 138 Å². The third kappa shape index (κ3) is 4.58. The van der Waals surface area contributed by atoms with Crippen molar-refractivity contribution in [3.8, 4) is 29.2 Å². The standard InChI is InChI=1S/C21H16ClN5O3S/c1-11(20(28)26-12-5-6-16(29-2)15(22)8-12)31-21-14(10-24)18(17-4-3-7-30-17)13(9-23)19(25)27-21/h3-8,11H,1-2H3,(H2,25,27)(H,26,28). The van der Waals surface area contributed by atoms with Crippen molar-refractivity contribution in [3.05, 3.63) is 52.7 Å². The van der Waals surface area contributed by atoms with Crippen LogP contribution in [0.15, 0.2) is 46.0 Å². The van der Waals surface area contributed by atoms with Crippen LogP contribution in [-0.2, 0) is 4.79 Å². The van der Waals surface area contributed by atoms with Gasteiger partial charge in [0.05, 0.1) is 34.8 Å². The van der Waals surface area contributed by atoms with Crippen molar-refractivity contribution in [1.29, 1.82) is 10.5 Å². The quantitative estimate of drug-likeness (QED) is 0.522. The normalized spacial score (nSPS) is 11.3. The second-order valence-electron chi connectivity index (χ2n) is 6.23. The van der Waals surface area contributed by atoms with Gasteiger partial charge in [0.15, 0.2) is 0 Å². The number of thioether (sulfide) groups is 1. The predicted molar refractivity (Wildman–Crippen MR) is 118 cm³/mol. The van der Waals surface area contributed by atoms with Crippen LogP contribution in [0.5, 0.6) is 5.75 Å². The van der Waals surface area contributed by atoms with Gasteiger partial charge >= 0.3 is 0 Å². The number of halogens is 1. The Balaban J connectivity index is 1.90. The molecule has 0 aliphatic heterocycles. The zero-order chi connectivity index (χ0) is 22.5. The molecule has 8 nitrogen and oxygen atoms in total. The maximum Gasteiger partial charge on any atom is 0.237 e. The van der Waals surface area contributed by atoms with Gasteiger partial charge in [0.1, 0.15) is 40.1 Å². The van der Waals surface area contributed by atoms with Crippen LogP contribution in [0.4, 0.5) is 11.5 Å². The number of hydrogen-bond acceptors (Lipinski definition) is 8. The lowest BCUT2D eigenvalue weighted by Crippen LogP contribution is -2.22. The van der Waals surface area contributed by atoms with Gasteiger partial charge in [-0.3, -0.25) is 4.79 Å². The number of nitriles is 2. The number of pyridine rings is 1. The number of carbonyl (C=O) groups is 1. The van der Waals surface area contributed by atoms with Crippen LogP contribution in [0.25, 0.3) is 11.3 Å². The third-order valence-electron chi connectivity index (χ3n) is 4.26. The number of ether oxygens (including phenoxy) is 1. The van der Waals surface area contributed by atoms with Crippen LogP contribution >= 0.6 is 23.4 Å². The first-order valence-electron chi connectivity index (χ1n) is 8.88. The molecule has 1 aromatic carbocycles. The third-order valence-corrected chi connectivity index (χ3v) is 5.64. The van der Waals surface area contributed by atoms with Gasteiger partial charge in [-0.25, -0.2) is 4.98 Å². The molecule has 0 saturated carbocycles. The first-order chi connectivity index (χ1) is 14.9. The van der Waals surface area contributed by atoms with Crippen molar-refractivity contribution in [2.24, 2.45) is 0 Å². The predicted octanol–water partition coefficient (Wildman–Crippen LogP) is 4.45. The van der Waals surface area contributed by atoms with Crippen LogP contribution in [0.2, 0.25) is 5.02 Å². The van der Waals surface area contributed by atoms with Crippen molar-refractivity contribution in [1.82, 2.24) is 4.98 Å². The number of nitrogen functional groups attached to an aromatic ring is 1.